The van der Waals surface area contributed by atoms with Crippen LogP contribution in [0, 0.1) is 0 Å². The SMILES string of the molecule is NC(N)=NCCCC(NC(=O)C(N)CO)C(=O)NC(CCCN=C(N)N)C(=O)N1CCCC1C(=O)O. The van der Waals surface area contributed by atoms with Crippen LogP contribution in [-0.2, 0) is 19.2 Å². The third-order valence-corrected chi connectivity index (χ3v) is 5.49. The van der Waals surface area contributed by atoms with Crippen molar-refractivity contribution in [1.82, 2.24) is 15.5 Å². The number of carboxylic acids is 1. The Hall–Kier alpha value is -3.66. The topological polar surface area (TPSA) is 291 Å². The van der Waals surface area contributed by atoms with Crippen LogP contribution in [0.25, 0.3) is 0 Å². The first-order valence-electron chi connectivity index (χ1n) is 11.6. The zero-order chi connectivity index (χ0) is 27.3. The fourth-order valence-corrected chi connectivity index (χ4v) is 3.65. The van der Waals surface area contributed by atoms with Crippen LogP contribution in [0.3, 0.4) is 0 Å². The highest BCUT2D eigenvalue weighted by molar-refractivity contribution is 5.94. The number of nitrogens with two attached hydrogens (primary N) is 5. The fourth-order valence-electron chi connectivity index (χ4n) is 3.65. The molecular weight excluding hydrogens is 476 g/mol. The van der Waals surface area contributed by atoms with E-state index in [1.165, 1.54) is 4.90 Å². The van der Waals surface area contributed by atoms with Gasteiger partial charge in [-0.05, 0) is 38.5 Å². The van der Waals surface area contributed by atoms with Gasteiger partial charge in [-0.3, -0.25) is 24.4 Å². The van der Waals surface area contributed by atoms with Crippen LogP contribution in [0.15, 0.2) is 9.98 Å². The number of hydrogen-bond donors (Lipinski definition) is 9. The maximum absolute atomic E-state index is 13.2. The molecule has 0 spiro atoms. The number of aliphatic hydroxyl groups is 1. The molecule has 1 aliphatic heterocycles. The molecule has 0 aromatic rings. The van der Waals surface area contributed by atoms with Gasteiger partial charge in [0.05, 0.1) is 6.61 Å². The lowest BCUT2D eigenvalue weighted by molar-refractivity contribution is -0.149. The molecule has 0 aromatic carbocycles. The molecule has 36 heavy (non-hydrogen) atoms. The second-order valence-corrected chi connectivity index (χ2v) is 8.34. The van der Waals surface area contributed by atoms with Crippen molar-refractivity contribution in [1.29, 1.82) is 0 Å². The van der Waals surface area contributed by atoms with Gasteiger partial charge in [0, 0.05) is 19.6 Å². The van der Waals surface area contributed by atoms with E-state index in [0.717, 1.165) is 0 Å². The Morgan fingerprint density at radius 1 is 0.917 bits per heavy atom. The summed E-state index contributed by atoms with van der Waals surface area (Å²) >= 11 is 0. The zero-order valence-electron chi connectivity index (χ0n) is 20.1. The second kappa shape index (κ2) is 15.4. The summed E-state index contributed by atoms with van der Waals surface area (Å²) in [5.41, 5.74) is 26.8. The first-order valence-corrected chi connectivity index (χ1v) is 11.6. The van der Waals surface area contributed by atoms with Crippen molar-refractivity contribution in [2.75, 3.05) is 26.2 Å². The third-order valence-electron chi connectivity index (χ3n) is 5.49. The van der Waals surface area contributed by atoms with E-state index in [9.17, 15) is 24.3 Å². The number of hydrogen-bond acceptors (Lipinski definition) is 8. The minimum absolute atomic E-state index is 0.100. The summed E-state index contributed by atoms with van der Waals surface area (Å²) in [4.78, 5) is 59.1. The van der Waals surface area contributed by atoms with Crippen LogP contribution in [0.4, 0.5) is 0 Å². The standard InChI is InChI=1S/C20H38N10O6/c21-11(10-31)15(32)28-12(4-1-7-26-19(22)23)16(33)29-13(5-2-8-27-20(24)25)17(34)30-9-3-6-14(30)18(35)36/h11-14,31H,1-10,21H2,(H,28,32)(H,29,33)(H,35,36)(H4,22,23,26)(H4,24,25,27). The highest BCUT2D eigenvalue weighted by Crippen LogP contribution is 2.20. The van der Waals surface area contributed by atoms with E-state index in [4.69, 9.17) is 33.8 Å². The first kappa shape index (κ1) is 30.4. The molecule has 4 unspecified atom stereocenters. The summed E-state index contributed by atoms with van der Waals surface area (Å²) in [6.45, 7) is -0.0247. The predicted octanol–water partition coefficient (Wildman–Crippen LogP) is -4.54. The number of aliphatic imine (C=N–C) groups is 2. The van der Waals surface area contributed by atoms with Gasteiger partial charge >= 0.3 is 5.97 Å². The number of rotatable bonds is 15. The van der Waals surface area contributed by atoms with Crippen molar-refractivity contribution in [2.24, 2.45) is 38.7 Å². The quantitative estimate of drug-likeness (QED) is 0.0569. The van der Waals surface area contributed by atoms with Crippen molar-refractivity contribution in [3.8, 4) is 0 Å². The molecule has 4 atom stereocenters. The monoisotopic (exact) mass is 514 g/mol. The summed E-state index contributed by atoms with van der Waals surface area (Å²) in [5, 5.41) is 23.7. The van der Waals surface area contributed by atoms with Crippen LogP contribution in [0.2, 0.25) is 0 Å². The van der Waals surface area contributed by atoms with Crippen LogP contribution in [0.1, 0.15) is 38.5 Å². The van der Waals surface area contributed by atoms with Crippen molar-refractivity contribution in [3.63, 3.8) is 0 Å². The largest absolute Gasteiger partial charge is 0.480 e. The molecule has 0 bridgehead atoms. The number of guanidine groups is 2. The summed E-state index contributed by atoms with van der Waals surface area (Å²) in [6.07, 6.45) is 1.66. The Balaban J connectivity index is 3.04. The molecule has 0 aliphatic carbocycles. The Morgan fingerprint density at radius 2 is 1.44 bits per heavy atom. The third kappa shape index (κ3) is 10.3. The van der Waals surface area contributed by atoms with Gasteiger partial charge in [0.1, 0.15) is 24.2 Å². The number of nitrogens with one attached hydrogen (secondary N) is 2. The van der Waals surface area contributed by atoms with Crippen molar-refractivity contribution in [3.05, 3.63) is 0 Å². The molecule has 1 fully saturated rings. The smallest absolute Gasteiger partial charge is 0.326 e. The molecule has 1 aliphatic rings. The van der Waals surface area contributed by atoms with Crippen LogP contribution in [-0.4, -0.2) is 101 Å². The van der Waals surface area contributed by atoms with E-state index in [1.54, 1.807) is 0 Å². The number of aliphatic hydroxyl groups excluding tert-OH is 1. The summed E-state index contributed by atoms with van der Waals surface area (Å²) < 4.78 is 0. The molecule has 0 aromatic heterocycles. The van der Waals surface area contributed by atoms with Crippen molar-refractivity contribution in [2.45, 2.75) is 62.7 Å². The summed E-state index contributed by atoms with van der Waals surface area (Å²) in [5.74, 6) is -3.40. The van der Waals surface area contributed by atoms with E-state index in [0.29, 0.717) is 25.7 Å². The molecule has 16 nitrogen and oxygen atoms in total. The molecule has 3 amide bonds. The van der Waals surface area contributed by atoms with E-state index in [1.807, 2.05) is 0 Å². The Labute approximate surface area is 208 Å². The number of carbonyl (C=O) groups is 4. The van der Waals surface area contributed by atoms with Crippen molar-refractivity contribution < 1.29 is 29.4 Å². The average Bonchev–Trinajstić information content (AvgIpc) is 3.31. The molecule has 1 rings (SSSR count). The Kier molecular flexibility index (Phi) is 13.0. The molecule has 1 heterocycles. The lowest BCUT2D eigenvalue weighted by atomic mass is 10.1. The number of likely N-dealkylation sites (tertiary alicyclic amines) is 1. The van der Waals surface area contributed by atoms with Crippen LogP contribution >= 0.6 is 0 Å². The van der Waals surface area contributed by atoms with E-state index >= 15 is 0 Å². The number of carboxylic acid groups (broad SMARTS) is 1. The molecular formula is C20H38N10O6. The fraction of sp³-hybridized carbons (Fsp3) is 0.700. The lowest BCUT2D eigenvalue weighted by Crippen LogP contribution is -2.57. The number of aliphatic carboxylic acids is 1. The average molecular weight is 515 g/mol. The summed E-state index contributed by atoms with van der Waals surface area (Å²) in [7, 11) is 0. The van der Waals surface area contributed by atoms with Gasteiger partial charge in [-0.2, -0.15) is 0 Å². The highest BCUT2D eigenvalue weighted by atomic mass is 16.4. The van der Waals surface area contributed by atoms with Crippen LogP contribution < -0.4 is 39.3 Å². The molecule has 0 saturated carbocycles. The first-order chi connectivity index (χ1) is 17.0. The van der Waals surface area contributed by atoms with E-state index in [2.05, 4.69) is 20.6 Å². The maximum atomic E-state index is 13.2. The molecule has 204 valence electrons. The molecule has 14 N–H and O–H groups in total. The number of amides is 3. The van der Waals surface area contributed by atoms with Crippen LogP contribution in [0.5, 0.6) is 0 Å². The minimum atomic E-state index is -1.25. The number of carbonyl (C=O) groups excluding carboxylic acids is 3. The van der Waals surface area contributed by atoms with Gasteiger partial charge < -0.3 is 54.4 Å². The molecule has 16 heteroatoms. The van der Waals surface area contributed by atoms with Gasteiger partial charge in [-0.15, -0.1) is 0 Å². The van der Waals surface area contributed by atoms with Gasteiger partial charge in [0.2, 0.25) is 17.7 Å². The van der Waals surface area contributed by atoms with Gasteiger partial charge in [0.25, 0.3) is 0 Å². The second-order valence-electron chi connectivity index (χ2n) is 8.34. The summed E-state index contributed by atoms with van der Waals surface area (Å²) in [6, 6.07) is -4.45. The van der Waals surface area contributed by atoms with E-state index < -0.39 is 54.5 Å². The molecule has 1 saturated heterocycles. The van der Waals surface area contributed by atoms with E-state index in [-0.39, 0.29) is 44.4 Å². The Bertz CT molecular complexity index is 828. The lowest BCUT2D eigenvalue weighted by Gasteiger charge is -2.29. The zero-order valence-corrected chi connectivity index (χ0v) is 20.1. The van der Waals surface area contributed by atoms with Crippen molar-refractivity contribution >= 4 is 35.6 Å². The Morgan fingerprint density at radius 3 is 1.94 bits per heavy atom. The van der Waals surface area contributed by atoms with Gasteiger partial charge in [-0.1, -0.05) is 0 Å². The minimum Gasteiger partial charge on any atom is -0.480 e. The maximum Gasteiger partial charge on any atom is 0.326 e. The highest BCUT2D eigenvalue weighted by Gasteiger charge is 2.38. The van der Waals surface area contributed by atoms with Gasteiger partial charge in [0.15, 0.2) is 11.9 Å². The normalized spacial score (nSPS) is 17.4. The predicted molar refractivity (Wildman–Crippen MR) is 131 cm³/mol. The van der Waals surface area contributed by atoms with Gasteiger partial charge in [-0.25, -0.2) is 4.79 Å². The number of nitrogens with zero attached hydrogens (tertiary/aromatic N) is 3. The molecule has 0 radical (unpaired) electrons.